The van der Waals surface area contributed by atoms with E-state index in [9.17, 15) is 19.2 Å². The van der Waals surface area contributed by atoms with E-state index >= 15 is 0 Å². The summed E-state index contributed by atoms with van der Waals surface area (Å²) in [6.45, 7) is 5.14. The van der Waals surface area contributed by atoms with Crippen LogP contribution in [-0.2, 0) is 9.59 Å². The first kappa shape index (κ1) is 24.6. The number of hydrogen-bond donors (Lipinski definition) is 1. The third-order valence-corrected chi connectivity index (χ3v) is 6.96. The van der Waals surface area contributed by atoms with E-state index in [-0.39, 0.29) is 18.4 Å². The summed E-state index contributed by atoms with van der Waals surface area (Å²) in [4.78, 5) is 53.1. The maximum absolute atomic E-state index is 12.8. The molecule has 0 radical (unpaired) electrons. The molecule has 0 aliphatic carbocycles. The molecule has 4 amide bonds. The van der Waals surface area contributed by atoms with Gasteiger partial charge in [-0.25, -0.2) is 0 Å². The Balaban J connectivity index is 1.61. The van der Waals surface area contributed by atoms with Crippen LogP contribution in [0.25, 0.3) is 0 Å². The molecule has 0 unspecified atom stereocenters. The second-order valence-corrected chi connectivity index (χ2v) is 9.95. The molecule has 32 heavy (non-hydrogen) atoms. The van der Waals surface area contributed by atoms with Gasteiger partial charge in [0, 0.05) is 24.7 Å². The maximum atomic E-state index is 12.8. The van der Waals surface area contributed by atoms with Crippen LogP contribution in [-0.4, -0.2) is 58.9 Å². The standard InChI is InChI=1S/C22H25Cl2N3O4S/c1-13(2)5-8-25-18(28)12-27-21(30)19(32-22(27)31)14-6-9-26(10-7-14)20(29)16-11-15(23)3-4-17(16)24/h3-4,11,13H,5-10,12H2,1-2H3,(H,25,28). The highest BCUT2D eigenvalue weighted by Crippen LogP contribution is 2.36. The van der Waals surface area contributed by atoms with Crippen molar-refractivity contribution in [2.24, 2.45) is 5.92 Å². The van der Waals surface area contributed by atoms with E-state index in [1.54, 1.807) is 23.1 Å². The number of nitrogens with zero attached hydrogens (tertiary/aromatic N) is 2. The molecule has 2 saturated heterocycles. The van der Waals surface area contributed by atoms with Gasteiger partial charge < -0.3 is 10.2 Å². The zero-order chi connectivity index (χ0) is 23.4. The SMILES string of the molecule is CC(C)CCNC(=O)CN1C(=O)SC(=C2CCN(C(=O)c3cc(Cl)ccc3Cl)CC2)C1=O. The monoisotopic (exact) mass is 497 g/mol. The van der Waals surface area contributed by atoms with Crippen molar-refractivity contribution in [3.05, 3.63) is 44.3 Å². The van der Waals surface area contributed by atoms with Crippen LogP contribution in [0.1, 0.15) is 43.5 Å². The van der Waals surface area contributed by atoms with E-state index < -0.39 is 11.1 Å². The average Bonchev–Trinajstić information content (AvgIpc) is 3.03. The Kier molecular flexibility index (Phi) is 8.25. The highest BCUT2D eigenvalue weighted by Gasteiger charge is 2.38. The minimum absolute atomic E-state index is 0.220. The van der Waals surface area contributed by atoms with Crippen LogP contribution in [0.5, 0.6) is 0 Å². The molecule has 172 valence electrons. The first-order chi connectivity index (χ1) is 15.2. The minimum atomic E-state index is -0.444. The lowest BCUT2D eigenvalue weighted by Gasteiger charge is -2.29. The number of carbonyl (C=O) groups is 4. The average molecular weight is 498 g/mol. The minimum Gasteiger partial charge on any atom is -0.355 e. The zero-order valence-corrected chi connectivity index (χ0v) is 20.3. The van der Waals surface area contributed by atoms with Crippen LogP contribution >= 0.6 is 35.0 Å². The van der Waals surface area contributed by atoms with E-state index in [2.05, 4.69) is 19.2 Å². The molecule has 2 aliphatic rings. The summed E-state index contributed by atoms with van der Waals surface area (Å²) in [5.74, 6) is -0.558. The van der Waals surface area contributed by atoms with Gasteiger partial charge in [0.15, 0.2) is 0 Å². The first-order valence-electron chi connectivity index (χ1n) is 10.4. The zero-order valence-electron chi connectivity index (χ0n) is 18.0. The van der Waals surface area contributed by atoms with Gasteiger partial charge >= 0.3 is 0 Å². The summed E-state index contributed by atoms with van der Waals surface area (Å²) in [6, 6.07) is 4.75. The van der Waals surface area contributed by atoms with Crippen molar-refractivity contribution in [2.45, 2.75) is 33.1 Å². The Bertz CT molecular complexity index is 970. The third kappa shape index (κ3) is 5.85. The highest BCUT2D eigenvalue weighted by molar-refractivity contribution is 8.18. The molecule has 0 saturated carbocycles. The number of hydrogen-bond acceptors (Lipinski definition) is 5. The van der Waals surface area contributed by atoms with Gasteiger partial charge in [0.25, 0.3) is 17.1 Å². The van der Waals surface area contributed by atoms with Crippen molar-refractivity contribution in [3.8, 4) is 0 Å². The predicted octanol–water partition coefficient (Wildman–Crippen LogP) is 4.34. The van der Waals surface area contributed by atoms with Crippen molar-refractivity contribution in [1.82, 2.24) is 15.1 Å². The van der Waals surface area contributed by atoms with Crippen LogP contribution in [0.2, 0.25) is 10.0 Å². The van der Waals surface area contributed by atoms with Gasteiger partial charge in [-0.15, -0.1) is 0 Å². The van der Waals surface area contributed by atoms with Gasteiger partial charge in [-0.2, -0.15) is 0 Å². The molecule has 0 aromatic heterocycles. The second kappa shape index (κ2) is 10.7. The Morgan fingerprint density at radius 1 is 1.16 bits per heavy atom. The predicted molar refractivity (Wildman–Crippen MR) is 126 cm³/mol. The fourth-order valence-electron chi connectivity index (χ4n) is 3.49. The summed E-state index contributed by atoms with van der Waals surface area (Å²) in [5.41, 5.74) is 1.17. The van der Waals surface area contributed by atoms with Gasteiger partial charge in [0.2, 0.25) is 5.91 Å². The van der Waals surface area contributed by atoms with E-state index in [1.165, 1.54) is 0 Å². The summed E-state index contributed by atoms with van der Waals surface area (Å²) < 4.78 is 0. The smallest absolute Gasteiger partial charge is 0.294 e. The van der Waals surface area contributed by atoms with Gasteiger partial charge in [-0.3, -0.25) is 24.1 Å². The van der Waals surface area contributed by atoms with Crippen LogP contribution in [0.15, 0.2) is 28.7 Å². The van der Waals surface area contributed by atoms with Crippen LogP contribution in [0.4, 0.5) is 4.79 Å². The number of halogens is 2. The molecule has 1 aromatic rings. The lowest BCUT2D eigenvalue weighted by Crippen LogP contribution is -2.40. The van der Waals surface area contributed by atoms with E-state index in [0.717, 1.165) is 28.7 Å². The number of imide groups is 1. The quantitative estimate of drug-likeness (QED) is 0.590. The Morgan fingerprint density at radius 2 is 1.84 bits per heavy atom. The van der Waals surface area contributed by atoms with E-state index in [0.29, 0.717) is 58.9 Å². The lowest BCUT2D eigenvalue weighted by atomic mass is 10.0. The summed E-state index contributed by atoms with van der Waals surface area (Å²) >= 11 is 13.0. The van der Waals surface area contributed by atoms with Crippen molar-refractivity contribution in [3.63, 3.8) is 0 Å². The number of thioether (sulfide) groups is 1. The molecule has 1 N–H and O–H groups in total. The van der Waals surface area contributed by atoms with Gasteiger partial charge in [0.1, 0.15) is 6.54 Å². The summed E-state index contributed by atoms with van der Waals surface area (Å²) in [6.07, 6.45) is 1.77. The fraction of sp³-hybridized carbons (Fsp3) is 0.455. The number of amides is 4. The number of nitrogens with one attached hydrogen (secondary N) is 1. The Hall–Kier alpha value is -2.03. The molecular formula is C22H25Cl2N3O4S. The molecule has 1 aromatic carbocycles. The largest absolute Gasteiger partial charge is 0.355 e. The molecule has 0 bridgehead atoms. The number of rotatable bonds is 6. The number of carbonyl (C=O) groups excluding carboxylic acids is 4. The fourth-order valence-corrected chi connectivity index (χ4v) is 4.84. The molecule has 0 spiro atoms. The number of piperidine rings is 1. The summed E-state index contributed by atoms with van der Waals surface area (Å²) in [5, 5.41) is 3.06. The van der Waals surface area contributed by atoms with Crippen LogP contribution in [0.3, 0.4) is 0 Å². The third-order valence-electron chi connectivity index (χ3n) is 5.33. The molecule has 2 aliphatic heterocycles. The first-order valence-corrected chi connectivity index (χ1v) is 12.0. The topological polar surface area (TPSA) is 86.8 Å². The molecule has 2 fully saturated rings. The normalized spacial score (nSPS) is 16.9. The summed E-state index contributed by atoms with van der Waals surface area (Å²) in [7, 11) is 0. The maximum Gasteiger partial charge on any atom is 0.294 e. The molecule has 3 rings (SSSR count). The van der Waals surface area contributed by atoms with Crippen molar-refractivity contribution < 1.29 is 19.2 Å². The van der Waals surface area contributed by atoms with Crippen molar-refractivity contribution in [1.29, 1.82) is 0 Å². The molecular weight excluding hydrogens is 473 g/mol. The Labute approximate surface area is 201 Å². The molecule has 2 heterocycles. The van der Waals surface area contributed by atoms with Gasteiger partial charge in [0.05, 0.1) is 15.5 Å². The van der Waals surface area contributed by atoms with E-state index in [4.69, 9.17) is 23.2 Å². The molecule has 7 nitrogen and oxygen atoms in total. The van der Waals surface area contributed by atoms with Gasteiger partial charge in [-0.05, 0) is 60.7 Å². The van der Waals surface area contributed by atoms with Crippen LogP contribution < -0.4 is 5.32 Å². The number of benzene rings is 1. The number of likely N-dealkylation sites (tertiary alicyclic amines) is 1. The van der Waals surface area contributed by atoms with Crippen molar-refractivity contribution in [2.75, 3.05) is 26.2 Å². The second-order valence-electron chi connectivity index (χ2n) is 8.14. The lowest BCUT2D eigenvalue weighted by molar-refractivity contribution is -0.129. The van der Waals surface area contributed by atoms with E-state index in [1.807, 2.05) is 0 Å². The molecule has 10 heteroatoms. The Morgan fingerprint density at radius 3 is 2.50 bits per heavy atom. The highest BCUT2D eigenvalue weighted by atomic mass is 35.5. The van der Waals surface area contributed by atoms with Crippen molar-refractivity contribution >= 4 is 57.9 Å². The van der Waals surface area contributed by atoms with Crippen LogP contribution in [0, 0.1) is 5.92 Å². The van der Waals surface area contributed by atoms with Gasteiger partial charge in [-0.1, -0.05) is 37.0 Å². The molecule has 0 atom stereocenters.